The molecule has 2 atom stereocenters. The van der Waals surface area contributed by atoms with Gasteiger partial charge in [-0.3, -0.25) is 0 Å². The summed E-state index contributed by atoms with van der Waals surface area (Å²) in [6.07, 6.45) is 16.1. The molecule has 0 aliphatic heterocycles. The van der Waals surface area contributed by atoms with Crippen LogP contribution < -0.4 is 0 Å². The number of hydrogen-bond donors (Lipinski definition) is 0. The first kappa shape index (κ1) is 14.1. The summed E-state index contributed by atoms with van der Waals surface area (Å²) in [6, 6.07) is 0. The van der Waals surface area contributed by atoms with Crippen LogP contribution in [0, 0.1) is 11.3 Å². The van der Waals surface area contributed by atoms with E-state index in [2.05, 4.69) is 20.8 Å². The summed E-state index contributed by atoms with van der Waals surface area (Å²) >= 11 is 0. The van der Waals surface area contributed by atoms with Crippen LogP contribution in [0.4, 0.5) is 0 Å². The lowest BCUT2D eigenvalue weighted by atomic mass is 9.75. The molecule has 1 fully saturated rings. The number of rotatable bonds is 6. The molecular formula is C16H32. The topological polar surface area (TPSA) is 0 Å². The van der Waals surface area contributed by atoms with Crippen LogP contribution in [-0.2, 0) is 0 Å². The smallest absolute Gasteiger partial charge is 0.0323 e. The van der Waals surface area contributed by atoms with Gasteiger partial charge in [0.2, 0.25) is 0 Å². The molecule has 2 unspecified atom stereocenters. The first-order valence-corrected chi connectivity index (χ1v) is 7.70. The molecule has 0 amide bonds. The molecule has 0 aromatic heterocycles. The highest BCUT2D eigenvalue weighted by Gasteiger charge is 2.28. The third kappa shape index (κ3) is 4.89. The molecule has 0 nitrogen and oxygen atoms in total. The average Bonchev–Trinajstić information content (AvgIpc) is 2.47. The van der Waals surface area contributed by atoms with E-state index in [4.69, 9.17) is 0 Å². The molecule has 0 aromatic rings. The second kappa shape index (κ2) is 7.35. The quantitative estimate of drug-likeness (QED) is 0.386. The van der Waals surface area contributed by atoms with E-state index in [-0.39, 0.29) is 0 Å². The largest absolute Gasteiger partial charge is 0.0654 e. The minimum atomic E-state index is 0.685. The van der Waals surface area contributed by atoms with Crippen molar-refractivity contribution >= 4 is 0 Å². The Kier molecular flexibility index (Phi) is 6.46. The second-order valence-electron chi connectivity index (χ2n) is 6.35. The zero-order chi connectivity index (χ0) is 11.9. The van der Waals surface area contributed by atoms with Gasteiger partial charge in [-0.25, -0.2) is 0 Å². The Bertz CT molecular complexity index is 173. The van der Waals surface area contributed by atoms with E-state index < -0.39 is 0 Å². The monoisotopic (exact) mass is 224 g/mol. The predicted octanol–water partition coefficient (Wildman–Crippen LogP) is 5.95. The molecule has 0 heterocycles. The molecule has 0 spiro atoms. The Morgan fingerprint density at radius 2 is 1.88 bits per heavy atom. The number of unbranched alkanes of at least 4 members (excludes halogenated alkanes) is 3. The molecule has 1 aliphatic rings. The molecule has 1 saturated carbocycles. The van der Waals surface area contributed by atoms with Crippen LogP contribution in [0.2, 0.25) is 0 Å². The highest BCUT2D eigenvalue weighted by molar-refractivity contribution is 4.80. The fourth-order valence-electron chi connectivity index (χ4n) is 3.44. The van der Waals surface area contributed by atoms with Crippen LogP contribution in [0.15, 0.2) is 0 Å². The molecule has 0 N–H and O–H groups in total. The Morgan fingerprint density at radius 3 is 2.56 bits per heavy atom. The lowest BCUT2D eigenvalue weighted by Crippen LogP contribution is -2.18. The summed E-state index contributed by atoms with van der Waals surface area (Å²) in [5, 5.41) is 0. The Balaban J connectivity index is 2.33. The van der Waals surface area contributed by atoms with E-state index in [1.807, 2.05) is 0 Å². The Morgan fingerprint density at radius 1 is 1.06 bits per heavy atom. The van der Waals surface area contributed by atoms with Crippen molar-refractivity contribution in [1.29, 1.82) is 0 Å². The summed E-state index contributed by atoms with van der Waals surface area (Å²) in [7, 11) is 0. The molecule has 0 saturated heterocycles. The normalized spacial score (nSPS) is 31.3. The summed E-state index contributed by atoms with van der Waals surface area (Å²) in [4.78, 5) is 0. The third-order valence-electron chi connectivity index (χ3n) is 4.64. The molecule has 16 heavy (non-hydrogen) atoms. The van der Waals surface area contributed by atoms with Gasteiger partial charge < -0.3 is 0 Å². The first-order chi connectivity index (χ1) is 7.70. The van der Waals surface area contributed by atoms with Crippen LogP contribution >= 0.6 is 0 Å². The minimum absolute atomic E-state index is 0.685. The van der Waals surface area contributed by atoms with Crippen LogP contribution in [0.25, 0.3) is 0 Å². The van der Waals surface area contributed by atoms with Gasteiger partial charge in [0.1, 0.15) is 0 Å². The fraction of sp³-hybridized carbons (Fsp3) is 1.00. The summed E-state index contributed by atoms with van der Waals surface area (Å²) in [5.41, 5.74) is 0.685. The minimum Gasteiger partial charge on any atom is -0.0654 e. The maximum atomic E-state index is 2.56. The maximum absolute atomic E-state index is 2.56. The van der Waals surface area contributed by atoms with Gasteiger partial charge in [-0.1, -0.05) is 72.1 Å². The zero-order valence-electron chi connectivity index (χ0n) is 11.9. The van der Waals surface area contributed by atoms with Crippen molar-refractivity contribution in [3.63, 3.8) is 0 Å². The van der Waals surface area contributed by atoms with Gasteiger partial charge in [0.25, 0.3) is 0 Å². The molecule has 1 aliphatic carbocycles. The fourth-order valence-corrected chi connectivity index (χ4v) is 3.44. The molecule has 1 rings (SSSR count). The van der Waals surface area contributed by atoms with Gasteiger partial charge in [-0.05, 0) is 30.6 Å². The van der Waals surface area contributed by atoms with Crippen molar-refractivity contribution in [2.45, 2.75) is 91.4 Å². The summed E-state index contributed by atoms with van der Waals surface area (Å²) in [5.74, 6) is 1.03. The van der Waals surface area contributed by atoms with E-state index in [0.717, 1.165) is 5.92 Å². The van der Waals surface area contributed by atoms with Gasteiger partial charge in [0, 0.05) is 0 Å². The molecule has 0 heteroatoms. The van der Waals surface area contributed by atoms with Crippen molar-refractivity contribution in [1.82, 2.24) is 0 Å². The molecule has 0 aromatic carbocycles. The second-order valence-corrected chi connectivity index (χ2v) is 6.35. The standard InChI is InChI=1S/C16H32/c1-4-6-7-9-12-16(3)13-10-8-11-15(5-2)14-16/h15H,4-14H2,1-3H3. The lowest BCUT2D eigenvalue weighted by Gasteiger charge is -2.31. The van der Waals surface area contributed by atoms with Crippen molar-refractivity contribution in [3.05, 3.63) is 0 Å². The lowest BCUT2D eigenvalue weighted by molar-refractivity contribution is 0.209. The highest BCUT2D eigenvalue weighted by Crippen LogP contribution is 2.42. The molecule has 0 bridgehead atoms. The van der Waals surface area contributed by atoms with E-state index in [1.54, 1.807) is 0 Å². The third-order valence-corrected chi connectivity index (χ3v) is 4.64. The Hall–Kier alpha value is 0. The average molecular weight is 224 g/mol. The van der Waals surface area contributed by atoms with E-state index in [1.165, 1.54) is 70.6 Å². The molecule has 0 radical (unpaired) electrons. The van der Waals surface area contributed by atoms with Crippen molar-refractivity contribution in [2.75, 3.05) is 0 Å². The van der Waals surface area contributed by atoms with Crippen LogP contribution in [-0.4, -0.2) is 0 Å². The van der Waals surface area contributed by atoms with E-state index in [9.17, 15) is 0 Å². The van der Waals surface area contributed by atoms with Crippen molar-refractivity contribution in [3.8, 4) is 0 Å². The van der Waals surface area contributed by atoms with Crippen LogP contribution in [0.3, 0.4) is 0 Å². The first-order valence-electron chi connectivity index (χ1n) is 7.70. The SMILES string of the molecule is CCCCCCC1(C)CCCCC(CC)C1. The van der Waals surface area contributed by atoms with Gasteiger partial charge >= 0.3 is 0 Å². The van der Waals surface area contributed by atoms with Crippen molar-refractivity contribution in [2.24, 2.45) is 11.3 Å². The number of hydrogen-bond acceptors (Lipinski definition) is 0. The van der Waals surface area contributed by atoms with E-state index in [0.29, 0.717) is 5.41 Å². The summed E-state index contributed by atoms with van der Waals surface area (Å²) < 4.78 is 0. The van der Waals surface area contributed by atoms with Gasteiger partial charge in [0.05, 0.1) is 0 Å². The van der Waals surface area contributed by atoms with Crippen LogP contribution in [0.1, 0.15) is 91.4 Å². The van der Waals surface area contributed by atoms with Crippen molar-refractivity contribution < 1.29 is 0 Å². The highest BCUT2D eigenvalue weighted by atomic mass is 14.3. The van der Waals surface area contributed by atoms with Crippen LogP contribution in [0.5, 0.6) is 0 Å². The van der Waals surface area contributed by atoms with E-state index >= 15 is 0 Å². The predicted molar refractivity (Wildman–Crippen MR) is 73.7 cm³/mol. The molecular weight excluding hydrogens is 192 g/mol. The van der Waals surface area contributed by atoms with Gasteiger partial charge in [-0.15, -0.1) is 0 Å². The Labute approximate surface area is 103 Å². The van der Waals surface area contributed by atoms with Gasteiger partial charge in [0.15, 0.2) is 0 Å². The maximum Gasteiger partial charge on any atom is -0.0323 e. The zero-order valence-corrected chi connectivity index (χ0v) is 11.9. The van der Waals surface area contributed by atoms with Gasteiger partial charge in [-0.2, -0.15) is 0 Å². The summed E-state index contributed by atoms with van der Waals surface area (Å²) in [6.45, 7) is 7.25. The molecule has 96 valence electrons.